The van der Waals surface area contributed by atoms with E-state index in [-0.39, 0.29) is 6.10 Å². The quantitative estimate of drug-likeness (QED) is 0.895. The summed E-state index contributed by atoms with van der Waals surface area (Å²) in [5.74, 6) is 4.75. The number of hydrogen-bond acceptors (Lipinski definition) is 4. The van der Waals surface area contributed by atoms with Crippen molar-refractivity contribution in [1.82, 2.24) is 4.98 Å². The fourth-order valence-electron chi connectivity index (χ4n) is 5.59. The lowest BCUT2D eigenvalue weighted by molar-refractivity contribution is 0.0994. The first-order chi connectivity index (χ1) is 12.5. The molecule has 6 rings (SSSR count). The normalized spacial score (nSPS) is 33.7. The van der Waals surface area contributed by atoms with Gasteiger partial charge in [-0.1, -0.05) is 6.92 Å². The van der Waals surface area contributed by atoms with E-state index in [4.69, 9.17) is 15.2 Å². The van der Waals surface area contributed by atoms with Gasteiger partial charge in [-0.3, -0.25) is 9.78 Å². The van der Waals surface area contributed by atoms with Gasteiger partial charge in [-0.2, -0.15) is 0 Å². The third kappa shape index (κ3) is 2.15. The van der Waals surface area contributed by atoms with Crippen LogP contribution in [-0.4, -0.2) is 23.1 Å². The molecule has 2 aromatic rings. The molecule has 0 aliphatic heterocycles. The largest absolute Gasteiger partial charge is 0.490 e. The Morgan fingerprint density at radius 3 is 2.62 bits per heavy atom. The summed E-state index contributed by atoms with van der Waals surface area (Å²) in [5.41, 5.74) is 6.60. The van der Waals surface area contributed by atoms with Gasteiger partial charge in [0.2, 0.25) is 0 Å². The Kier molecular flexibility index (Phi) is 3.27. The molecule has 6 atom stereocenters. The van der Waals surface area contributed by atoms with Crippen LogP contribution in [-0.2, 0) is 0 Å². The first kappa shape index (κ1) is 15.9. The zero-order chi connectivity index (χ0) is 18.2. The number of carbonyl (C=O) groups is 1. The lowest BCUT2D eigenvalue weighted by Crippen LogP contribution is -2.23. The third-order valence-electron chi connectivity index (χ3n) is 6.61. The summed E-state index contributed by atoms with van der Waals surface area (Å²) in [6.45, 7) is 6.23. The highest BCUT2D eigenvalue weighted by Crippen LogP contribution is 2.73. The van der Waals surface area contributed by atoms with Crippen LogP contribution in [0.3, 0.4) is 0 Å². The van der Waals surface area contributed by atoms with Gasteiger partial charge >= 0.3 is 0 Å². The van der Waals surface area contributed by atoms with Crippen LogP contribution in [0.4, 0.5) is 0 Å². The molecule has 26 heavy (non-hydrogen) atoms. The first-order valence-corrected chi connectivity index (χ1v) is 9.51. The van der Waals surface area contributed by atoms with Crippen LogP contribution < -0.4 is 15.2 Å². The number of aromatic nitrogens is 1. The van der Waals surface area contributed by atoms with E-state index < -0.39 is 5.91 Å². The molecule has 0 spiro atoms. The first-order valence-electron chi connectivity index (χ1n) is 9.51. The summed E-state index contributed by atoms with van der Waals surface area (Å²) in [6, 6.07) is 5.48. The van der Waals surface area contributed by atoms with Gasteiger partial charge < -0.3 is 15.2 Å². The third-order valence-corrected chi connectivity index (χ3v) is 6.61. The van der Waals surface area contributed by atoms with Crippen molar-refractivity contribution in [1.29, 1.82) is 0 Å². The van der Waals surface area contributed by atoms with Crippen LogP contribution in [0, 0.1) is 29.6 Å². The summed E-state index contributed by atoms with van der Waals surface area (Å²) < 4.78 is 12.3. The van der Waals surface area contributed by atoms with Crippen molar-refractivity contribution in [3.63, 3.8) is 0 Å². The van der Waals surface area contributed by atoms with Crippen LogP contribution >= 0.6 is 0 Å². The van der Waals surface area contributed by atoms with Gasteiger partial charge in [-0.15, -0.1) is 0 Å². The van der Waals surface area contributed by atoms with E-state index in [1.807, 2.05) is 26.0 Å². The molecule has 4 aliphatic rings. The second-order valence-electron chi connectivity index (χ2n) is 8.37. The molecule has 4 saturated carbocycles. The Bertz CT molecular complexity index is 910. The molecule has 4 bridgehead atoms. The minimum absolute atomic E-state index is 0.0540. The number of rotatable bonds is 5. The van der Waals surface area contributed by atoms with Crippen LogP contribution in [0.15, 0.2) is 24.4 Å². The SMILES string of the molecule is CC(C)Oc1cc2c(OC3C4C5CC3[C@H](C)C54)ccnc2cc1C(N)=O. The van der Waals surface area contributed by atoms with Crippen molar-refractivity contribution in [2.24, 2.45) is 35.3 Å². The van der Waals surface area contributed by atoms with Crippen molar-refractivity contribution in [2.75, 3.05) is 0 Å². The van der Waals surface area contributed by atoms with Gasteiger partial charge in [0.15, 0.2) is 0 Å². The predicted molar refractivity (Wildman–Crippen MR) is 98.2 cm³/mol. The highest BCUT2D eigenvalue weighted by Gasteiger charge is 2.73. The number of nitrogens with two attached hydrogens (primary N) is 1. The molecular formula is C21H24N2O3. The van der Waals surface area contributed by atoms with Crippen molar-refractivity contribution >= 4 is 16.8 Å². The van der Waals surface area contributed by atoms with Crippen LogP contribution in [0.25, 0.3) is 10.9 Å². The summed E-state index contributed by atoms with van der Waals surface area (Å²) in [5, 5.41) is 0.877. The van der Waals surface area contributed by atoms with Crippen LogP contribution in [0.1, 0.15) is 37.6 Å². The van der Waals surface area contributed by atoms with Crippen molar-refractivity contribution < 1.29 is 14.3 Å². The zero-order valence-corrected chi connectivity index (χ0v) is 15.3. The smallest absolute Gasteiger partial charge is 0.252 e. The van der Waals surface area contributed by atoms with E-state index in [0.717, 1.165) is 34.8 Å². The summed E-state index contributed by atoms with van der Waals surface area (Å²) in [4.78, 5) is 16.2. The molecule has 1 aromatic carbocycles. The number of fused-ring (bicyclic) bond motifs is 1. The number of benzene rings is 1. The highest BCUT2D eigenvalue weighted by atomic mass is 16.5. The summed E-state index contributed by atoms with van der Waals surface area (Å²) >= 11 is 0. The molecule has 4 fully saturated rings. The van der Waals surface area contributed by atoms with Crippen molar-refractivity contribution in [3.05, 3.63) is 30.0 Å². The Labute approximate surface area is 152 Å². The van der Waals surface area contributed by atoms with E-state index in [1.54, 1.807) is 12.3 Å². The fourth-order valence-corrected chi connectivity index (χ4v) is 5.59. The summed E-state index contributed by atoms with van der Waals surface area (Å²) in [6.07, 6.45) is 3.31. The number of pyridine rings is 1. The van der Waals surface area contributed by atoms with E-state index in [1.165, 1.54) is 6.42 Å². The topological polar surface area (TPSA) is 74.4 Å². The molecule has 5 nitrogen and oxygen atoms in total. The van der Waals surface area contributed by atoms with Gasteiger partial charge in [-0.25, -0.2) is 0 Å². The van der Waals surface area contributed by atoms with Gasteiger partial charge in [0.25, 0.3) is 5.91 Å². The number of carbonyl (C=O) groups excluding carboxylic acids is 1. The molecule has 0 radical (unpaired) electrons. The molecule has 1 amide bonds. The lowest BCUT2D eigenvalue weighted by atomic mass is 9.99. The van der Waals surface area contributed by atoms with Crippen molar-refractivity contribution in [3.8, 4) is 11.5 Å². The zero-order valence-electron chi connectivity index (χ0n) is 15.3. The average molecular weight is 352 g/mol. The Balaban J connectivity index is 1.55. The molecule has 1 aromatic heterocycles. The molecule has 0 saturated heterocycles. The maximum atomic E-state index is 11.8. The number of hydrogen-bond donors (Lipinski definition) is 1. The number of ether oxygens (including phenoxy) is 2. The van der Waals surface area contributed by atoms with Crippen LogP contribution in [0.2, 0.25) is 0 Å². The maximum Gasteiger partial charge on any atom is 0.252 e. The monoisotopic (exact) mass is 352 g/mol. The van der Waals surface area contributed by atoms with E-state index in [9.17, 15) is 4.79 Å². The summed E-state index contributed by atoms with van der Waals surface area (Å²) in [7, 11) is 0. The minimum atomic E-state index is -0.512. The Morgan fingerprint density at radius 1 is 1.23 bits per heavy atom. The molecule has 5 heteroatoms. The van der Waals surface area contributed by atoms with Gasteiger partial charge in [-0.05, 0) is 62.1 Å². The molecule has 2 N–H and O–H groups in total. The molecular weight excluding hydrogens is 328 g/mol. The molecule has 4 aliphatic carbocycles. The number of primary amides is 1. The maximum absolute atomic E-state index is 11.8. The average Bonchev–Trinajstić information content (AvgIpc) is 2.89. The van der Waals surface area contributed by atoms with E-state index >= 15 is 0 Å². The van der Waals surface area contributed by atoms with E-state index in [0.29, 0.717) is 28.9 Å². The van der Waals surface area contributed by atoms with Crippen molar-refractivity contribution in [2.45, 2.75) is 39.4 Å². The van der Waals surface area contributed by atoms with Crippen LogP contribution in [0.5, 0.6) is 11.5 Å². The number of nitrogens with zero attached hydrogens (tertiary/aromatic N) is 1. The van der Waals surface area contributed by atoms with Gasteiger partial charge in [0.05, 0.1) is 17.2 Å². The standard InChI is InChI=1S/C21H24N2O3/c1-9(2)25-17-8-12-15(7-13(17)21(22)24)23-5-4-16(12)26-20-11-6-14-18(10(11)3)19(14)20/h4-5,7-11,14,18-20H,6H2,1-3H3,(H2,22,24)/t10-,11?,14?,18?,19?,20?/m0/s1. The minimum Gasteiger partial charge on any atom is -0.490 e. The van der Waals surface area contributed by atoms with Gasteiger partial charge in [0.1, 0.15) is 17.6 Å². The van der Waals surface area contributed by atoms with E-state index in [2.05, 4.69) is 11.9 Å². The molecule has 136 valence electrons. The Hall–Kier alpha value is -2.30. The number of amides is 1. The van der Waals surface area contributed by atoms with Gasteiger partial charge in [0, 0.05) is 17.5 Å². The fraction of sp³-hybridized carbons (Fsp3) is 0.524. The molecule has 5 unspecified atom stereocenters. The lowest BCUT2D eigenvalue weighted by Gasteiger charge is -2.21. The predicted octanol–water partition coefficient (Wildman–Crippen LogP) is 3.40. The second-order valence-corrected chi connectivity index (χ2v) is 8.37. The highest BCUT2D eigenvalue weighted by molar-refractivity contribution is 6.01. The second kappa shape index (κ2) is 5.35. The molecule has 1 heterocycles. The Morgan fingerprint density at radius 2 is 2.04 bits per heavy atom.